The first kappa shape index (κ1) is 15.0. The molecule has 0 spiro atoms. The lowest BCUT2D eigenvalue weighted by molar-refractivity contribution is -0.149. The van der Waals surface area contributed by atoms with E-state index in [2.05, 4.69) is 4.90 Å². The fraction of sp³-hybridized carbons (Fsp3) is 0.846. The van der Waals surface area contributed by atoms with Gasteiger partial charge in [-0.15, -0.1) is 0 Å². The van der Waals surface area contributed by atoms with E-state index < -0.39 is 0 Å². The second-order valence-electron chi connectivity index (χ2n) is 4.57. The smallest absolute Gasteiger partial charge is 0.323 e. The maximum absolute atomic E-state index is 11.9. The van der Waals surface area contributed by atoms with Gasteiger partial charge in [-0.25, -0.2) is 0 Å². The van der Waals surface area contributed by atoms with Crippen molar-refractivity contribution in [2.24, 2.45) is 0 Å². The molecule has 1 amide bonds. The molecule has 0 radical (unpaired) electrons. The molecular formula is C13H24N2O3. The largest absolute Gasteiger partial charge is 0.465 e. The lowest BCUT2D eigenvalue weighted by Gasteiger charge is -2.27. The molecule has 104 valence electrons. The van der Waals surface area contributed by atoms with E-state index in [1.165, 1.54) is 0 Å². The van der Waals surface area contributed by atoms with Crippen molar-refractivity contribution in [2.45, 2.75) is 39.7 Å². The second kappa shape index (κ2) is 7.36. The van der Waals surface area contributed by atoms with E-state index in [4.69, 9.17) is 4.74 Å². The van der Waals surface area contributed by atoms with E-state index in [1.54, 1.807) is 6.92 Å². The summed E-state index contributed by atoms with van der Waals surface area (Å²) in [6, 6.07) is -0.170. The summed E-state index contributed by atoms with van der Waals surface area (Å²) in [6.45, 7) is 8.91. The first-order valence-corrected chi connectivity index (χ1v) is 6.76. The molecule has 0 aromatic carbocycles. The highest BCUT2D eigenvalue weighted by atomic mass is 16.5. The summed E-state index contributed by atoms with van der Waals surface area (Å²) in [5, 5.41) is 0. The van der Waals surface area contributed by atoms with E-state index in [9.17, 15) is 9.59 Å². The van der Waals surface area contributed by atoms with E-state index in [-0.39, 0.29) is 17.9 Å². The van der Waals surface area contributed by atoms with Crippen molar-refractivity contribution < 1.29 is 14.3 Å². The molecule has 0 aromatic rings. The topological polar surface area (TPSA) is 49.9 Å². The van der Waals surface area contributed by atoms with Gasteiger partial charge in [0.25, 0.3) is 0 Å². The van der Waals surface area contributed by atoms with Crippen molar-refractivity contribution in [2.75, 3.05) is 32.8 Å². The van der Waals surface area contributed by atoms with Crippen LogP contribution in [0.5, 0.6) is 0 Å². The van der Waals surface area contributed by atoms with Crippen LogP contribution in [0.1, 0.15) is 33.6 Å². The van der Waals surface area contributed by atoms with Crippen molar-refractivity contribution in [1.29, 1.82) is 0 Å². The Bertz CT molecular complexity index is 294. The van der Waals surface area contributed by atoms with Crippen LogP contribution in [0.25, 0.3) is 0 Å². The third-order valence-corrected chi connectivity index (χ3v) is 3.36. The van der Waals surface area contributed by atoms with Crippen LogP contribution < -0.4 is 0 Å². The number of hydrogen-bond donors (Lipinski definition) is 0. The molecular weight excluding hydrogens is 232 g/mol. The summed E-state index contributed by atoms with van der Waals surface area (Å²) in [4.78, 5) is 27.2. The molecule has 1 atom stereocenters. The summed E-state index contributed by atoms with van der Waals surface area (Å²) in [7, 11) is 0. The summed E-state index contributed by atoms with van der Waals surface area (Å²) >= 11 is 0. The molecule has 5 nitrogen and oxygen atoms in total. The average Bonchev–Trinajstić information content (AvgIpc) is 2.56. The van der Waals surface area contributed by atoms with Crippen molar-refractivity contribution in [3.63, 3.8) is 0 Å². The van der Waals surface area contributed by atoms with Crippen LogP contribution in [0, 0.1) is 0 Å². The van der Waals surface area contributed by atoms with Crippen molar-refractivity contribution >= 4 is 11.9 Å². The summed E-state index contributed by atoms with van der Waals surface area (Å²) < 4.78 is 5.10. The lowest BCUT2D eigenvalue weighted by Crippen LogP contribution is -2.44. The van der Waals surface area contributed by atoms with E-state index in [0.717, 1.165) is 32.5 Å². The quantitative estimate of drug-likeness (QED) is 0.701. The number of esters is 1. The van der Waals surface area contributed by atoms with Crippen molar-refractivity contribution in [3.8, 4) is 0 Å². The standard InChI is InChI=1S/C13H24N2O3/c1-4-12(13(17)18-5-2)15-8-6-7-14(9-10-15)11(3)16/h12H,4-10H2,1-3H3. The van der Waals surface area contributed by atoms with Gasteiger partial charge in [-0.3, -0.25) is 14.5 Å². The minimum Gasteiger partial charge on any atom is -0.465 e. The predicted octanol–water partition coefficient (Wildman–Crippen LogP) is 0.882. The van der Waals surface area contributed by atoms with E-state index in [1.807, 2.05) is 18.7 Å². The number of carbonyl (C=O) groups excluding carboxylic acids is 2. The molecule has 0 saturated carbocycles. The predicted molar refractivity (Wildman–Crippen MR) is 69.2 cm³/mol. The maximum atomic E-state index is 11.9. The highest BCUT2D eigenvalue weighted by Gasteiger charge is 2.27. The lowest BCUT2D eigenvalue weighted by atomic mass is 10.2. The first-order chi connectivity index (χ1) is 8.60. The van der Waals surface area contributed by atoms with Crippen LogP contribution in [0.2, 0.25) is 0 Å². The molecule has 1 rings (SSSR count). The first-order valence-electron chi connectivity index (χ1n) is 6.76. The third kappa shape index (κ3) is 3.98. The Morgan fingerprint density at radius 1 is 1.17 bits per heavy atom. The zero-order chi connectivity index (χ0) is 13.5. The highest BCUT2D eigenvalue weighted by Crippen LogP contribution is 2.11. The SMILES string of the molecule is CCOC(=O)C(CC)N1CCCN(C(C)=O)CC1. The molecule has 0 aromatic heterocycles. The van der Waals surface area contributed by atoms with Crippen LogP contribution in [-0.4, -0.2) is 60.5 Å². The molecule has 0 bridgehead atoms. The number of rotatable bonds is 4. The Morgan fingerprint density at radius 3 is 2.44 bits per heavy atom. The number of nitrogens with zero attached hydrogens (tertiary/aromatic N) is 2. The molecule has 1 aliphatic heterocycles. The van der Waals surface area contributed by atoms with Gasteiger partial charge < -0.3 is 9.64 Å². The third-order valence-electron chi connectivity index (χ3n) is 3.36. The van der Waals surface area contributed by atoms with Gasteiger partial charge in [0.05, 0.1) is 6.61 Å². The van der Waals surface area contributed by atoms with Gasteiger partial charge in [0.2, 0.25) is 5.91 Å². The average molecular weight is 256 g/mol. The Morgan fingerprint density at radius 2 is 1.89 bits per heavy atom. The maximum Gasteiger partial charge on any atom is 0.323 e. The van der Waals surface area contributed by atoms with Crippen LogP contribution >= 0.6 is 0 Å². The van der Waals surface area contributed by atoms with Crippen LogP contribution in [0.15, 0.2) is 0 Å². The zero-order valence-electron chi connectivity index (χ0n) is 11.6. The van der Waals surface area contributed by atoms with Crippen LogP contribution in [0.3, 0.4) is 0 Å². The molecule has 1 heterocycles. The molecule has 18 heavy (non-hydrogen) atoms. The molecule has 1 fully saturated rings. The Balaban J connectivity index is 2.59. The minimum absolute atomic E-state index is 0.112. The molecule has 1 unspecified atom stereocenters. The van der Waals surface area contributed by atoms with Gasteiger partial charge in [-0.05, 0) is 19.8 Å². The minimum atomic E-state index is -0.170. The van der Waals surface area contributed by atoms with Gasteiger partial charge in [0.15, 0.2) is 0 Å². The Labute approximate surface area is 109 Å². The van der Waals surface area contributed by atoms with Crippen LogP contribution in [-0.2, 0) is 14.3 Å². The number of carbonyl (C=O) groups is 2. The second-order valence-corrected chi connectivity index (χ2v) is 4.57. The zero-order valence-corrected chi connectivity index (χ0v) is 11.6. The fourth-order valence-corrected chi connectivity index (χ4v) is 2.38. The summed E-state index contributed by atoms with van der Waals surface area (Å²) in [6.07, 6.45) is 1.66. The molecule has 0 aliphatic carbocycles. The van der Waals surface area contributed by atoms with Gasteiger partial charge in [0, 0.05) is 33.1 Å². The normalized spacial score (nSPS) is 19.2. The summed E-state index contributed by atoms with van der Waals surface area (Å²) in [5.41, 5.74) is 0. The molecule has 1 aliphatic rings. The molecule has 1 saturated heterocycles. The van der Waals surface area contributed by atoms with Gasteiger partial charge in [-0.2, -0.15) is 0 Å². The summed E-state index contributed by atoms with van der Waals surface area (Å²) in [5.74, 6) is -0.0303. The van der Waals surface area contributed by atoms with Crippen LogP contribution in [0.4, 0.5) is 0 Å². The molecule has 0 N–H and O–H groups in total. The number of amides is 1. The van der Waals surface area contributed by atoms with Gasteiger partial charge >= 0.3 is 5.97 Å². The van der Waals surface area contributed by atoms with E-state index in [0.29, 0.717) is 13.2 Å². The van der Waals surface area contributed by atoms with Crippen molar-refractivity contribution in [3.05, 3.63) is 0 Å². The Hall–Kier alpha value is -1.10. The molecule has 5 heteroatoms. The van der Waals surface area contributed by atoms with Gasteiger partial charge in [0.1, 0.15) is 6.04 Å². The fourth-order valence-electron chi connectivity index (χ4n) is 2.38. The Kier molecular flexibility index (Phi) is 6.12. The number of hydrogen-bond acceptors (Lipinski definition) is 4. The van der Waals surface area contributed by atoms with E-state index >= 15 is 0 Å². The highest BCUT2D eigenvalue weighted by molar-refractivity contribution is 5.76. The number of ether oxygens (including phenoxy) is 1. The van der Waals surface area contributed by atoms with Gasteiger partial charge in [-0.1, -0.05) is 6.92 Å². The van der Waals surface area contributed by atoms with Crippen molar-refractivity contribution in [1.82, 2.24) is 9.80 Å². The monoisotopic (exact) mass is 256 g/mol.